The number of carbonyl (C=O) groups excluding carboxylic acids is 1. The molecule has 0 N–H and O–H groups in total. The number of hydrogen-bond donors (Lipinski definition) is 0. The number of benzene rings is 3. The molecule has 0 spiro atoms. The van der Waals surface area contributed by atoms with Gasteiger partial charge in [-0.2, -0.15) is 0 Å². The Balaban J connectivity index is 1.96. The summed E-state index contributed by atoms with van der Waals surface area (Å²) in [4.78, 5) is 12.8. The Kier molecular flexibility index (Phi) is 4.05. The number of fused-ring (bicyclic) bond motifs is 2. The van der Waals surface area contributed by atoms with Crippen LogP contribution in [0.5, 0.6) is 11.5 Å². The van der Waals surface area contributed by atoms with E-state index in [4.69, 9.17) is 9.47 Å². The Morgan fingerprint density at radius 1 is 0.692 bits per heavy atom. The summed E-state index contributed by atoms with van der Waals surface area (Å²) in [5, 5.41) is 0. The average Bonchev–Trinajstić information content (AvgIpc) is 2.70. The zero-order valence-electron chi connectivity index (χ0n) is 14.7. The van der Waals surface area contributed by atoms with E-state index >= 15 is 0 Å². The molecule has 0 unspecified atom stereocenters. The molecule has 0 bridgehead atoms. The van der Waals surface area contributed by atoms with Crippen LogP contribution in [0.4, 0.5) is 0 Å². The summed E-state index contributed by atoms with van der Waals surface area (Å²) >= 11 is 0. The fourth-order valence-corrected chi connectivity index (χ4v) is 3.36. The molecule has 0 aromatic heterocycles. The Morgan fingerprint density at radius 3 is 1.62 bits per heavy atom. The summed E-state index contributed by atoms with van der Waals surface area (Å²) in [7, 11) is 3.27. The van der Waals surface area contributed by atoms with Crippen molar-refractivity contribution in [1.29, 1.82) is 0 Å². The van der Waals surface area contributed by atoms with Gasteiger partial charge in [0.05, 0.1) is 14.2 Å². The van der Waals surface area contributed by atoms with Crippen molar-refractivity contribution >= 4 is 17.4 Å². The van der Waals surface area contributed by atoms with Crippen LogP contribution in [0, 0.1) is 0 Å². The van der Waals surface area contributed by atoms with Gasteiger partial charge in [-0.25, -0.2) is 0 Å². The van der Waals surface area contributed by atoms with Crippen molar-refractivity contribution in [1.82, 2.24) is 0 Å². The van der Waals surface area contributed by atoms with Crippen molar-refractivity contribution in [2.45, 2.75) is 0 Å². The fourth-order valence-electron chi connectivity index (χ4n) is 3.36. The monoisotopic (exact) mass is 342 g/mol. The van der Waals surface area contributed by atoms with Gasteiger partial charge in [-0.1, -0.05) is 48.5 Å². The highest BCUT2D eigenvalue weighted by Crippen LogP contribution is 2.37. The van der Waals surface area contributed by atoms with Crippen molar-refractivity contribution < 1.29 is 14.3 Å². The van der Waals surface area contributed by atoms with Crippen LogP contribution < -0.4 is 9.47 Å². The van der Waals surface area contributed by atoms with Gasteiger partial charge < -0.3 is 9.47 Å². The molecule has 0 amide bonds. The van der Waals surface area contributed by atoms with Crippen LogP contribution in [0.1, 0.15) is 32.6 Å². The van der Waals surface area contributed by atoms with Gasteiger partial charge in [-0.15, -0.1) is 0 Å². The fraction of sp³-hybridized carbons (Fsp3) is 0.0870. The summed E-state index contributed by atoms with van der Waals surface area (Å²) in [5.41, 5.74) is 5.32. The second-order valence-corrected chi connectivity index (χ2v) is 6.12. The number of ketones is 1. The van der Waals surface area contributed by atoms with Gasteiger partial charge in [0.25, 0.3) is 0 Å². The Morgan fingerprint density at radius 2 is 1.15 bits per heavy atom. The second-order valence-electron chi connectivity index (χ2n) is 6.12. The van der Waals surface area contributed by atoms with Crippen LogP contribution in [-0.2, 0) is 0 Å². The number of rotatable bonds is 3. The molecule has 0 heterocycles. The Hall–Kier alpha value is -3.33. The van der Waals surface area contributed by atoms with Crippen LogP contribution in [0.25, 0.3) is 11.6 Å². The van der Waals surface area contributed by atoms with E-state index < -0.39 is 0 Å². The van der Waals surface area contributed by atoms with Gasteiger partial charge >= 0.3 is 0 Å². The van der Waals surface area contributed by atoms with Crippen molar-refractivity contribution in [3.05, 3.63) is 94.5 Å². The lowest BCUT2D eigenvalue weighted by atomic mass is 9.81. The van der Waals surface area contributed by atoms with E-state index in [1.807, 2.05) is 66.7 Å². The van der Waals surface area contributed by atoms with Gasteiger partial charge in [-0.05, 0) is 40.5 Å². The quantitative estimate of drug-likeness (QED) is 0.534. The molecule has 0 radical (unpaired) electrons. The van der Waals surface area contributed by atoms with Crippen LogP contribution >= 0.6 is 0 Å². The first-order valence-corrected chi connectivity index (χ1v) is 8.39. The second kappa shape index (κ2) is 6.52. The lowest BCUT2D eigenvalue weighted by Gasteiger charge is -2.21. The third-order valence-electron chi connectivity index (χ3n) is 4.61. The predicted molar refractivity (Wildman–Crippen MR) is 103 cm³/mol. The van der Waals surface area contributed by atoms with E-state index in [9.17, 15) is 4.79 Å². The highest BCUT2D eigenvalue weighted by Gasteiger charge is 2.26. The molecule has 4 rings (SSSR count). The SMILES string of the molecule is COc1cc(C=C2c3ccccc3C(=O)c3ccccc32)cc(OC)c1. The minimum Gasteiger partial charge on any atom is -0.497 e. The summed E-state index contributed by atoms with van der Waals surface area (Å²) in [6, 6.07) is 21.2. The maximum absolute atomic E-state index is 12.8. The zero-order chi connectivity index (χ0) is 18.1. The number of ether oxygens (including phenoxy) is 2. The lowest BCUT2D eigenvalue weighted by Crippen LogP contribution is -2.14. The van der Waals surface area contributed by atoms with Crippen LogP contribution in [-0.4, -0.2) is 20.0 Å². The third kappa shape index (κ3) is 2.68. The standard InChI is InChI=1S/C23H18O3/c1-25-16-11-15(12-17(14-16)26-2)13-22-18-7-3-5-9-20(18)23(24)21-10-6-4-8-19(21)22/h3-14H,1-2H3. The maximum Gasteiger partial charge on any atom is 0.194 e. The maximum atomic E-state index is 12.8. The molecule has 3 aromatic rings. The molecular formula is C23H18O3. The molecule has 1 aliphatic rings. The van der Waals surface area contributed by atoms with E-state index in [-0.39, 0.29) is 5.78 Å². The molecule has 0 saturated carbocycles. The number of hydrogen-bond acceptors (Lipinski definition) is 3. The van der Waals surface area contributed by atoms with E-state index in [2.05, 4.69) is 6.08 Å². The molecule has 1 aliphatic carbocycles. The van der Waals surface area contributed by atoms with Crippen molar-refractivity contribution in [3.63, 3.8) is 0 Å². The molecule has 0 fully saturated rings. The molecule has 0 saturated heterocycles. The van der Waals surface area contributed by atoms with Crippen molar-refractivity contribution in [3.8, 4) is 11.5 Å². The first kappa shape index (κ1) is 16.2. The number of carbonyl (C=O) groups is 1. The van der Waals surface area contributed by atoms with Gasteiger partial charge in [0.15, 0.2) is 5.78 Å². The highest BCUT2D eigenvalue weighted by atomic mass is 16.5. The summed E-state index contributed by atoms with van der Waals surface area (Å²) in [6.45, 7) is 0. The molecule has 0 aliphatic heterocycles. The van der Waals surface area contributed by atoms with Crippen LogP contribution in [0.2, 0.25) is 0 Å². The van der Waals surface area contributed by atoms with Crippen molar-refractivity contribution in [2.75, 3.05) is 14.2 Å². The van der Waals surface area contributed by atoms with E-state index in [1.165, 1.54) is 0 Å². The Bertz CT molecular complexity index is 957. The van der Waals surface area contributed by atoms with Crippen LogP contribution in [0.15, 0.2) is 66.7 Å². The highest BCUT2D eigenvalue weighted by molar-refractivity contribution is 6.20. The average molecular weight is 342 g/mol. The van der Waals surface area contributed by atoms with Crippen LogP contribution in [0.3, 0.4) is 0 Å². The molecule has 3 aromatic carbocycles. The molecule has 3 nitrogen and oxygen atoms in total. The van der Waals surface area contributed by atoms with Gasteiger partial charge in [0.2, 0.25) is 0 Å². The minimum absolute atomic E-state index is 0.0663. The topological polar surface area (TPSA) is 35.5 Å². The van der Waals surface area contributed by atoms with Crippen molar-refractivity contribution in [2.24, 2.45) is 0 Å². The lowest BCUT2D eigenvalue weighted by molar-refractivity contribution is 0.103. The third-order valence-corrected chi connectivity index (χ3v) is 4.61. The number of methoxy groups -OCH3 is 2. The normalized spacial score (nSPS) is 12.2. The molecule has 0 atom stereocenters. The minimum atomic E-state index is 0.0663. The smallest absolute Gasteiger partial charge is 0.194 e. The molecule has 26 heavy (non-hydrogen) atoms. The largest absolute Gasteiger partial charge is 0.497 e. The van der Waals surface area contributed by atoms with E-state index in [0.717, 1.165) is 44.9 Å². The van der Waals surface area contributed by atoms with Gasteiger partial charge in [0, 0.05) is 17.2 Å². The summed E-state index contributed by atoms with van der Waals surface area (Å²) in [6.07, 6.45) is 2.08. The van der Waals surface area contributed by atoms with Gasteiger partial charge in [-0.3, -0.25) is 4.79 Å². The van der Waals surface area contributed by atoms with E-state index in [1.54, 1.807) is 14.2 Å². The molecule has 3 heteroatoms. The zero-order valence-corrected chi connectivity index (χ0v) is 14.7. The molecular weight excluding hydrogens is 324 g/mol. The summed E-state index contributed by atoms with van der Waals surface area (Å²) in [5.74, 6) is 1.52. The Labute approximate surface area is 152 Å². The predicted octanol–water partition coefficient (Wildman–Crippen LogP) is 4.84. The first-order valence-electron chi connectivity index (χ1n) is 8.39. The first-order chi connectivity index (χ1) is 12.7. The molecule has 128 valence electrons. The summed E-state index contributed by atoms with van der Waals surface area (Å²) < 4.78 is 10.8. The van der Waals surface area contributed by atoms with Gasteiger partial charge in [0.1, 0.15) is 11.5 Å². The van der Waals surface area contributed by atoms with E-state index in [0.29, 0.717) is 0 Å².